The van der Waals surface area contributed by atoms with Crippen LogP contribution in [-0.2, 0) is 0 Å². The first-order valence-electron chi connectivity index (χ1n) is 4.56. The monoisotopic (exact) mass is 194 g/mol. The number of nitrogens with two attached hydrogens (primary N) is 1. The van der Waals surface area contributed by atoms with Crippen molar-refractivity contribution in [2.24, 2.45) is 5.73 Å². The first-order chi connectivity index (χ1) is 6.54. The van der Waals surface area contributed by atoms with E-state index in [9.17, 15) is 10.1 Å². The van der Waals surface area contributed by atoms with Gasteiger partial charge in [-0.3, -0.25) is 10.1 Å². The Morgan fingerprint density at radius 1 is 1.50 bits per heavy atom. The summed E-state index contributed by atoms with van der Waals surface area (Å²) in [6, 6.07) is 4.86. The van der Waals surface area contributed by atoms with Crippen molar-refractivity contribution in [1.82, 2.24) is 0 Å². The van der Waals surface area contributed by atoms with Crippen LogP contribution in [0.4, 0.5) is 5.69 Å². The normalized spacial score (nSPS) is 12.5. The lowest BCUT2D eigenvalue weighted by molar-refractivity contribution is -0.385. The molecule has 1 aromatic carbocycles. The molecule has 0 saturated heterocycles. The average molecular weight is 194 g/mol. The largest absolute Gasteiger partial charge is 0.324 e. The van der Waals surface area contributed by atoms with Crippen LogP contribution in [0.3, 0.4) is 0 Å². The van der Waals surface area contributed by atoms with E-state index in [1.165, 1.54) is 0 Å². The van der Waals surface area contributed by atoms with Gasteiger partial charge in [-0.15, -0.1) is 0 Å². The van der Waals surface area contributed by atoms with Gasteiger partial charge in [0.15, 0.2) is 0 Å². The van der Waals surface area contributed by atoms with Crippen molar-refractivity contribution >= 4 is 5.69 Å². The van der Waals surface area contributed by atoms with E-state index in [1.54, 1.807) is 12.1 Å². The molecule has 0 amide bonds. The lowest BCUT2D eigenvalue weighted by Gasteiger charge is -2.09. The van der Waals surface area contributed by atoms with Crippen molar-refractivity contribution < 1.29 is 4.92 Å². The van der Waals surface area contributed by atoms with Crippen LogP contribution in [0, 0.1) is 17.0 Å². The molecule has 0 aromatic heterocycles. The van der Waals surface area contributed by atoms with Crippen LogP contribution < -0.4 is 5.73 Å². The highest BCUT2D eigenvalue weighted by Crippen LogP contribution is 2.21. The number of nitrogens with zero attached hydrogens (tertiary/aromatic N) is 1. The fraction of sp³-hybridized carbons (Fsp3) is 0.400. The Labute approximate surface area is 82.9 Å². The van der Waals surface area contributed by atoms with E-state index in [2.05, 4.69) is 0 Å². The van der Waals surface area contributed by atoms with E-state index < -0.39 is 4.92 Å². The third kappa shape index (κ3) is 2.29. The Balaban J connectivity index is 3.13. The summed E-state index contributed by atoms with van der Waals surface area (Å²) < 4.78 is 0. The molecule has 0 bridgehead atoms. The molecule has 4 nitrogen and oxygen atoms in total. The number of rotatable bonds is 3. The number of hydrogen-bond donors (Lipinski definition) is 1. The van der Waals surface area contributed by atoms with Crippen LogP contribution in [0.1, 0.15) is 30.5 Å². The molecule has 1 aromatic rings. The van der Waals surface area contributed by atoms with E-state index in [-0.39, 0.29) is 11.7 Å². The fourth-order valence-corrected chi connectivity index (χ4v) is 1.35. The fourth-order valence-electron chi connectivity index (χ4n) is 1.35. The Hall–Kier alpha value is -1.42. The van der Waals surface area contributed by atoms with Gasteiger partial charge in [0, 0.05) is 18.2 Å². The first kappa shape index (κ1) is 10.7. The van der Waals surface area contributed by atoms with Gasteiger partial charge in [-0.2, -0.15) is 0 Å². The molecule has 0 heterocycles. The number of aryl methyl sites for hydroxylation is 1. The van der Waals surface area contributed by atoms with Gasteiger partial charge in [-0.05, 0) is 24.5 Å². The molecule has 0 radical (unpaired) electrons. The van der Waals surface area contributed by atoms with Crippen molar-refractivity contribution in [1.29, 1.82) is 0 Å². The smallest absolute Gasteiger partial charge is 0.270 e. The molecule has 0 spiro atoms. The van der Waals surface area contributed by atoms with E-state index >= 15 is 0 Å². The molecule has 0 aliphatic rings. The number of non-ortho nitro benzene ring substituents is 1. The third-order valence-corrected chi connectivity index (χ3v) is 2.16. The molecule has 0 fully saturated rings. The SMILES string of the molecule is CCC(N)c1cc(C)cc([N+](=O)[O-])c1. The van der Waals surface area contributed by atoms with Gasteiger partial charge >= 0.3 is 0 Å². The predicted molar refractivity (Wildman–Crippen MR) is 55.1 cm³/mol. The predicted octanol–water partition coefficient (Wildman–Crippen LogP) is 2.31. The molecule has 14 heavy (non-hydrogen) atoms. The lowest BCUT2D eigenvalue weighted by Crippen LogP contribution is -2.09. The van der Waals surface area contributed by atoms with Crippen LogP contribution in [0.25, 0.3) is 0 Å². The molecule has 0 saturated carbocycles. The van der Waals surface area contributed by atoms with E-state index in [1.807, 2.05) is 19.9 Å². The molecule has 2 N–H and O–H groups in total. The second-order valence-corrected chi connectivity index (χ2v) is 3.37. The Kier molecular flexibility index (Phi) is 3.19. The zero-order chi connectivity index (χ0) is 10.7. The summed E-state index contributed by atoms with van der Waals surface area (Å²) in [5.41, 5.74) is 7.63. The minimum Gasteiger partial charge on any atom is -0.324 e. The van der Waals surface area contributed by atoms with Crippen molar-refractivity contribution in [3.05, 3.63) is 39.4 Å². The topological polar surface area (TPSA) is 69.2 Å². The van der Waals surface area contributed by atoms with Gasteiger partial charge in [0.2, 0.25) is 0 Å². The van der Waals surface area contributed by atoms with Gasteiger partial charge in [0.1, 0.15) is 0 Å². The zero-order valence-electron chi connectivity index (χ0n) is 8.36. The van der Waals surface area contributed by atoms with E-state index in [4.69, 9.17) is 5.73 Å². The van der Waals surface area contributed by atoms with Gasteiger partial charge in [-0.25, -0.2) is 0 Å². The second-order valence-electron chi connectivity index (χ2n) is 3.37. The van der Waals surface area contributed by atoms with Crippen LogP contribution in [0.15, 0.2) is 18.2 Å². The maximum absolute atomic E-state index is 10.6. The molecular formula is C10H14N2O2. The summed E-state index contributed by atoms with van der Waals surface area (Å²) in [5, 5.41) is 10.6. The maximum Gasteiger partial charge on any atom is 0.270 e. The molecule has 4 heteroatoms. The zero-order valence-corrected chi connectivity index (χ0v) is 8.36. The standard InChI is InChI=1S/C10H14N2O2/c1-3-10(11)8-4-7(2)5-9(6-8)12(13)14/h4-6,10H,3,11H2,1-2H3. The molecule has 1 unspecified atom stereocenters. The highest BCUT2D eigenvalue weighted by molar-refractivity contribution is 5.39. The number of benzene rings is 1. The minimum absolute atomic E-state index is 0.115. The Bertz CT molecular complexity index is 350. The average Bonchev–Trinajstić information content (AvgIpc) is 2.15. The third-order valence-electron chi connectivity index (χ3n) is 2.16. The van der Waals surface area contributed by atoms with Crippen LogP contribution in [0.2, 0.25) is 0 Å². The first-order valence-corrected chi connectivity index (χ1v) is 4.56. The van der Waals surface area contributed by atoms with Gasteiger partial charge in [0.25, 0.3) is 5.69 Å². The summed E-state index contributed by atoms with van der Waals surface area (Å²) in [6.45, 7) is 3.79. The van der Waals surface area contributed by atoms with Crippen LogP contribution in [-0.4, -0.2) is 4.92 Å². The van der Waals surface area contributed by atoms with E-state index in [0.29, 0.717) is 0 Å². The number of nitro groups is 1. The number of hydrogen-bond acceptors (Lipinski definition) is 3. The summed E-state index contributed by atoms with van der Waals surface area (Å²) in [4.78, 5) is 10.2. The molecule has 0 aliphatic heterocycles. The number of nitro benzene ring substituents is 1. The summed E-state index contributed by atoms with van der Waals surface area (Å²) >= 11 is 0. The molecule has 1 rings (SSSR count). The van der Waals surface area contributed by atoms with Crippen molar-refractivity contribution in [2.45, 2.75) is 26.3 Å². The van der Waals surface area contributed by atoms with E-state index in [0.717, 1.165) is 17.5 Å². The summed E-state index contributed by atoms with van der Waals surface area (Å²) in [5.74, 6) is 0. The Morgan fingerprint density at radius 3 is 2.64 bits per heavy atom. The van der Waals surface area contributed by atoms with Crippen LogP contribution in [0.5, 0.6) is 0 Å². The maximum atomic E-state index is 10.6. The summed E-state index contributed by atoms with van der Waals surface area (Å²) in [7, 11) is 0. The van der Waals surface area contributed by atoms with Gasteiger partial charge in [-0.1, -0.05) is 13.0 Å². The Morgan fingerprint density at radius 2 is 2.14 bits per heavy atom. The highest BCUT2D eigenvalue weighted by Gasteiger charge is 2.11. The quantitative estimate of drug-likeness (QED) is 0.593. The molecule has 76 valence electrons. The lowest BCUT2D eigenvalue weighted by atomic mass is 10.0. The minimum atomic E-state index is -0.390. The van der Waals surface area contributed by atoms with Crippen molar-refractivity contribution in [2.75, 3.05) is 0 Å². The van der Waals surface area contributed by atoms with Gasteiger partial charge < -0.3 is 5.73 Å². The van der Waals surface area contributed by atoms with Crippen molar-refractivity contribution in [3.63, 3.8) is 0 Å². The molecule has 0 aliphatic carbocycles. The van der Waals surface area contributed by atoms with Crippen LogP contribution >= 0.6 is 0 Å². The molecular weight excluding hydrogens is 180 g/mol. The summed E-state index contributed by atoms with van der Waals surface area (Å²) in [6.07, 6.45) is 0.778. The van der Waals surface area contributed by atoms with Gasteiger partial charge in [0.05, 0.1) is 4.92 Å². The molecule has 1 atom stereocenters. The second kappa shape index (κ2) is 4.19. The van der Waals surface area contributed by atoms with Crippen molar-refractivity contribution in [3.8, 4) is 0 Å². The highest BCUT2D eigenvalue weighted by atomic mass is 16.6.